The third-order valence-electron chi connectivity index (χ3n) is 3.12. The lowest BCUT2D eigenvalue weighted by Gasteiger charge is -2.13. The molecule has 106 valence electrons. The van der Waals surface area contributed by atoms with Crippen LogP contribution < -0.4 is 5.32 Å². The summed E-state index contributed by atoms with van der Waals surface area (Å²) in [6.45, 7) is 0.578. The zero-order valence-corrected chi connectivity index (χ0v) is 11.9. The first-order chi connectivity index (χ1) is 10.2. The Morgan fingerprint density at radius 3 is 2.62 bits per heavy atom. The first-order valence-corrected chi connectivity index (χ1v) is 6.89. The number of hydrogen-bond acceptors (Lipinski definition) is 2. The molecule has 1 aromatic heterocycles. The molecule has 0 fully saturated rings. The molecule has 0 saturated heterocycles. The van der Waals surface area contributed by atoms with Gasteiger partial charge in [-0.2, -0.15) is 5.10 Å². The molecule has 1 N–H and O–H groups in total. The SMILES string of the molecule is Fc1ccc(CNc2cccc(Cl)c2-n2cccn2)cc1. The van der Waals surface area contributed by atoms with Crippen molar-refractivity contribution >= 4 is 17.3 Å². The Kier molecular flexibility index (Phi) is 3.88. The monoisotopic (exact) mass is 301 g/mol. The molecular weight excluding hydrogens is 289 g/mol. The Morgan fingerprint density at radius 1 is 1.10 bits per heavy atom. The summed E-state index contributed by atoms with van der Waals surface area (Å²) in [4.78, 5) is 0. The number of para-hydroxylation sites is 1. The summed E-state index contributed by atoms with van der Waals surface area (Å²) in [6, 6.07) is 13.9. The number of rotatable bonds is 4. The molecule has 0 aliphatic rings. The molecule has 0 radical (unpaired) electrons. The fraction of sp³-hybridized carbons (Fsp3) is 0.0625. The molecule has 0 spiro atoms. The molecule has 3 rings (SSSR count). The third-order valence-corrected chi connectivity index (χ3v) is 3.42. The van der Waals surface area contributed by atoms with E-state index in [1.165, 1.54) is 12.1 Å². The predicted octanol–water partition coefficient (Wildman–Crippen LogP) is 4.28. The number of nitrogens with one attached hydrogen (secondary N) is 1. The average molecular weight is 302 g/mol. The van der Waals surface area contributed by atoms with Crippen LogP contribution in [-0.4, -0.2) is 9.78 Å². The van der Waals surface area contributed by atoms with Gasteiger partial charge in [0.15, 0.2) is 0 Å². The smallest absolute Gasteiger partial charge is 0.123 e. The van der Waals surface area contributed by atoms with Gasteiger partial charge in [-0.05, 0) is 35.9 Å². The summed E-state index contributed by atoms with van der Waals surface area (Å²) < 4.78 is 14.6. The number of anilines is 1. The second kappa shape index (κ2) is 5.97. The molecule has 0 unspecified atom stereocenters. The second-order valence-electron chi connectivity index (χ2n) is 4.57. The minimum absolute atomic E-state index is 0.237. The van der Waals surface area contributed by atoms with E-state index in [1.54, 1.807) is 23.0 Å². The van der Waals surface area contributed by atoms with E-state index in [9.17, 15) is 4.39 Å². The number of nitrogens with zero attached hydrogens (tertiary/aromatic N) is 2. The average Bonchev–Trinajstić information content (AvgIpc) is 3.00. The van der Waals surface area contributed by atoms with Crippen molar-refractivity contribution in [3.63, 3.8) is 0 Å². The van der Waals surface area contributed by atoms with Gasteiger partial charge in [-0.3, -0.25) is 0 Å². The maximum Gasteiger partial charge on any atom is 0.123 e. The van der Waals surface area contributed by atoms with Crippen LogP contribution in [0.25, 0.3) is 5.69 Å². The minimum Gasteiger partial charge on any atom is -0.379 e. The van der Waals surface area contributed by atoms with Crippen LogP contribution in [0.15, 0.2) is 60.9 Å². The van der Waals surface area contributed by atoms with Crippen molar-refractivity contribution in [1.29, 1.82) is 0 Å². The van der Waals surface area contributed by atoms with Gasteiger partial charge < -0.3 is 5.32 Å². The van der Waals surface area contributed by atoms with Gasteiger partial charge in [0.05, 0.1) is 10.7 Å². The molecule has 2 aromatic carbocycles. The maximum atomic E-state index is 12.9. The molecule has 0 aliphatic carbocycles. The molecule has 0 saturated carbocycles. The van der Waals surface area contributed by atoms with Crippen LogP contribution in [-0.2, 0) is 6.54 Å². The second-order valence-corrected chi connectivity index (χ2v) is 4.97. The molecule has 1 heterocycles. The molecule has 0 bridgehead atoms. The van der Waals surface area contributed by atoms with Crippen LogP contribution in [0.2, 0.25) is 5.02 Å². The summed E-state index contributed by atoms with van der Waals surface area (Å²) in [7, 11) is 0. The number of hydrogen-bond donors (Lipinski definition) is 1. The van der Waals surface area contributed by atoms with Crippen molar-refractivity contribution in [3.05, 3.63) is 77.3 Å². The van der Waals surface area contributed by atoms with Gasteiger partial charge in [0.25, 0.3) is 0 Å². The van der Waals surface area contributed by atoms with Crippen molar-refractivity contribution in [3.8, 4) is 5.69 Å². The van der Waals surface area contributed by atoms with Gasteiger partial charge in [-0.15, -0.1) is 0 Å². The van der Waals surface area contributed by atoms with Crippen LogP contribution in [0.3, 0.4) is 0 Å². The topological polar surface area (TPSA) is 29.9 Å². The molecule has 21 heavy (non-hydrogen) atoms. The Balaban J connectivity index is 1.86. The molecule has 3 nitrogen and oxygen atoms in total. The highest BCUT2D eigenvalue weighted by Gasteiger charge is 2.09. The zero-order chi connectivity index (χ0) is 14.7. The molecule has 0 amide bonds. The Morgan fingerprint density at radius 2 is 1.90 bits per heavy atom. The van der Waals surface area contributed by atoms with E-state index in [0.717, 1.165) is 16.9 Å². The van der Waals surface area contributed by atoms with Crippen LogP contribution in [0, 0.1) is 5.82 Å². The number of halogens is 2. The Hall–Kier alpha value is -2.33. The van der Waals surface area contributed by atoms with Crippen molar-refractivity contribution in [1.82, 2.24) is 9.78 Å². The Labute approximate surface area is 127 Å². The molecule has 0 aliphatic heterocycles. The normalized spacial score (nSPS) is 10.6. The van der Waals surface area contributed by atoms with Gasteiger partial charge in [0.2, 0.25) is 0 Å². The van der Waals surface area contributed by atoms with E-state index >= 15 is 0 Å². The van der Waals surface area contributed by atoms with Gasteiger partial charge in [0, 0.05) is 18.9 Å². The van der Waals surface area contributed by atoms with E-state index in [-0.39, 0.29) is 5.82 Å². The lowest BCUT2D eigenvalue weighted by Crippen LogP contribution is -2.05. The summed E-state index contributed by atoms with van der Waals surface area (Å²) in [6.07, 6.45) is 3.54. The minimum atomic E-state index is -0.237. The Bertz CT molecular complexity index is 724. The van der Waals surface area contributed by atoms with E-state index in [1.807, 2.05) is 30.5 Å². The third kappa shape index (κ3) is 3.06. The summed E-state index contributed by atoms with van der Waals surface area (Å²) in [5.74, 6) is -0.237. The predicted molar refractivity (Wildman–Crippen MR) is 82.3 cm³/mol. The standard InChI is InChI=1S/C16H13ClFN3/c17-14-3-1-4-15(16(14)21-10-2-9-20-21)19-11-12-5-7-13(18)8-6-12/h1-10,19H,11H2. The first kappa shape index (κ1) is 13.6. The highest BCUT2D eigenvalue weighted by atomic mass is 35.5. The van der Waals surface area contributed by atoms with Crippen molar-refractivity contribution in [2.45, 2.75) is 6.54 Å². The summed E-state index contributed by atoms with van der Waals surface area (Å²) in [5.41, 5.74) is 2.66. The summed E-state index contributed by atoms with van der Waals surface area (Å²) in [5, 5.41) is 8.14. The number of aromatic nitrogens is 2. The fourth-order valence-electron chi connectivity index (χ4n) is 2.09. The van der Waals surface area contributed by atoms with Crippen LogP contribution in [0.4, 0.5) is 10.1 Å². The lowest BCUT2D eigenvalue weighted by atomic mass is 10.2. The fourth-order valence-corrected chi connectivity index (χ4v) is 2.35. The number of benzene rings is 2. The summed E-state index contributed by atoms with van der Waals surface area (Å²) >= 11 is 6.27. The van der Waals surface area contributed by atoms with E-state index < -0.39 is 0 Å². The van der Waals surface area contributed by atoms with Crippen molar-refractivity contribution < 1.29 is 4.39 Å². The van der Waals surface area contributed by atoms with Gasteiger partial charge in [-0.25, -0.2) is 9.07 Å². The molecule has 5 heteroatoms. The maximum absolute atomic E-state index is 12.9. The molecule has 3 aromatic rings. The van der Waals surface area contributed by atoms with E-state index in [4.69, 9.17) is 11.6 Å². The molecular formula is C16H13ClFN3. The van der Waals surface area contributed by atoms with Gasteiger partial charge in [0.1, 0.15) is 11.5 Å². The first-order valence-electron chi connectivity index (χ1n) is 6.51. The van der Waals surface area contributed by atoms with E-state index in [2.05, 4.69) is 10.4 Å². The van der Waals surface area contributed by atoms with Gasteiger partial charge in [-0.1, -0.05) is 29.8 Å². The van der Waals surface area contributed by atoms with Crippen LogP contribution in [0.5, 0.6) is 0 Å². The van der Waals surface area contributed by atoms with E-state index in [0.29, 0.717) is 11.6 Å². The van der Waals surface area contributed by atoms with Crippen LogP contribution >= 0.6 is 11.6 Å². The highest BCUT2D eigenvalue weighted by molar-refractivity contribution is 6.33. The van der Waals surface area contributed by atoms with Crippen LogP contribution in [0.1, 0.15) is 5.56 Å². The lowest BCUT2D eigenvalue weighted by molar-refractivity contribution is 0.627. The quantitative estimate of drug-likeness (QED) is 0.779. The zero-order valence-electron chi connectivity index (χ0n) is 11.1. The van der Waals surface area contributed by atoms with Gasteiger partial charge >= 0.3 is 0 Å². The van der Waals surface area contributed by atoms with Crippen molar-refractivity contribution in [2.24, 2.45) is 0 Å². The molecule has 0 atom stereocenters. The largest absolute Gasteiger partial charge is 0.379 e. The highest BCUT2D eigenvalue weighted by Crippen LogP contribution is 2.28. The van der Waals surface area contributed by atoms with Crippen molar-refractivity contribution in [2.75, 3.05) is 5.32 Å².